The molecule has 288 valence electrons. The molecule has 17 nitrogen and oxygen atoms in total. The Labute approximate surface area is 318 Å². The van der Waals surface area contributed by atoms with E-state index in [-0.39, 0.29) is 78.3 Å². The summed E-state index contributed by atoms with van der Waals surface area (Å²) in [6.45, 7) is 2.89. The first kappa shape index (κ1) is 37.0. The van der Waals surface area contributed by atoms with Gasteiger partial charge < -0.3 is 20.8 Å². The van der Waals surface area contributed by atoms with Crippen LogP contribution < -0.4 is 19.2 Å². The molecule has 2 amide bonds. The maximum atomic E-state index is 14.3. The first-order valence-electron chi connectivity index (χ1n) is 16.0. The van der Waals surface area contributed by atoms with Crippen molar-refractivity contribution < 1.29 is 57.8 Å². The SMILES string of the molecule is Cc1ccc2c(NC(=O)Nc3c4ccc(C)c3S(=O)(=O)N4c3cc(S(=O)(=O)O)cc4ccc(O)cc34)c1S(=O)(=O)N2c1cc(S(=O)(=O)O)cc2ccc(O)cc12. The van der Waals surface area contributed by atoms with E-state index in [2.05, 4.69) is 10.6 Å². The number of phenols is 2. The molecule has 56 heavy (non-hydrogen) atoms. The van der Waals surface area contributed by atoms with Crippen LogP contribution in [0.15, 0.2) is 105 Å². The first-order chi connectivity index (χ1) is 26.1. The first-order valence-corrected chi connectivity index (χ1v) is 21.8. The minimum Gasteiger partial charge on any atom is -0.508 e. The standard InChI is InChI=1S/C35H26N4O13S4/c1-17-3-9-27-31(33(17)53(43,44)38(27)29-15-23(55(47,48)49)11-19-5-7-21(40)13-25(19)29)36-35(42)37-32-28-10-4-18(2)34(32)54(45,46)39(28)30-16-24(56(50,51)52)12-20-6-8-22(41)14-26(20)30/h3-16,40-41H,1-2H3,(H2,36,37,42)(H,47,48,49)(H,50,51,52). The van der Waals surface area contributed by atoms with E-state index < -0.39 is 65.9 Å². The minimum absolute atomic E-state index is 0.0700. The number of hydrogen-bond donors (Lipinski definition) is 6. The second kappa shape index (κ2) is 12.0. The molecule has 0 fully saturated rings. The molecule has 6 N–H and O–H groups in total. The molecule has 2 aliphatic rings. The number of phenolic OH excluding ortho intramolecular Hbond substituents is 2. The second-order valence-corrected chi connectivity index (χ2v) is 19.3. The highest BCUT2D eigenvalue weighted by Crippen LogP contribution is 2.53. The van der Waals surface area contributed by atoms with Gasteiger partial charge in [0.05, 0.1) is 43.9 Å². The van der Waals surface area contributed by atoms with Crippen LogP contribution in [0.1, 0.15) is 11.1 Å². The molecule has 8 rings (SSSR count). The van der Waals surface area contributed by atoms with E-state index in [4.69, 9.17) is 0 Å². The predicted octanol–water partition coefficient (Wildman–Crippen LogP) is 5.84. The quantitative estimate of drug-likeness (QED) is 0.108. The summed E-state index contributed by atoms with van der Waals surface area (Å²) in [5.41, 5.74) is -1.14. The van der Waals surface area contributed by atoms with Gasteiger partial charge in [-0.2, -0.15) is 16.8 Å². The zero-order chi connectivity index (χ0) is 40.4. The van der Waals surface area contributed by atoms with Crippen LogP contribution in [0.4, 0.5) is 38.9 Å². The molecule has 0 aromatic heterocycles. The summed E-state index contributed by atoms with van der Waals surface area (Å²) in [5, 5.41) is 26.0. The number of sulfonamides is 2. The van der Waals surface area contributed by atoms with Crippen LogP contribution in [0.2, 0.25) is 0 Å². The van der Waals surface area contributed by atoms with E-state index in [1.807, 2.05) is 0 Å². The van der Waals surface area contributed by atoms with E-state index in [9.17, 15) is 57.8 Å². The van der Waals surface area contributed by atoms with Crippen LogP contribution in [0, 0.1) is 13.8 Å². The minimum atomic E-state index is -4.88. The molecule has 0 spiro atoms. The van der Waals surface area contributed by atoms with Gasteiger partial charge in [-0.15, -0.1) is 0 Å². The fraction of sp³-hybridized carbons (Fsp3) is 0.0571. The normalized spacial score (nSPS) is 15.4. The fourth-order valence-electron chi connectivity index (χ4n) is 7.05. The average molecular weight is 839 g/mol. The smallest absolute Gasteiger partial charge is 0.323 e. The zero-order valence-electron chi connectivity index (χ0n) is 28.6. The van der Waals surface area contributed by atoms with E-state index in [1.165, 1.54) is 74.5 Å². The Morgan fingerprint density at radius 3 is 1.29 bits per heavy atom. The van der Waals surface area contributed by atoms with Gasteiger partial charge in [-0.3, -0.25) is 9.11 Å². The lowest BCUT2D eigenvalue weighted by Gasteiger charge is -2.21. The molecule has 0 saturated carbocycles. The van der Waals surface area contributed by atoms with Crippen molar-refractivity contribution in [3.05, 3.63) is 96.1 Å². The van der Waals surface area contributed by atoms with Crippen molar-refractivity contribution in [1.29, 1.82) is 0 Å². The second-order valence-electron chi connectivity index (χ2n) is 13.0. The monoisotopic (exact) mass is 838 g/mol. The molecule has 4 bridgehead atoms. The number of aromatic hydroxyl groups is 2. The summed E-state index contributed by atoms with van der Waals surface area (Å²) in [4.78, 5) is 11.8. The third kappa shape index (κ3) is 5.58. The summed E-state index contributed by atoms with van der Waals surface area (Å²) in [6, 6.07) is 15.9. The number of nitrogens with zero attached hydrogens (tertiary/aromatic N) is 2. The molecule has 0 saturated heterocycles. The summed E-state index contributed by atoms with van der Waals surface area (Å²) in [6.07, 6.45) is 0. The molecule has 2 heterocycles. The lowest BCUT2D eigenvalue weighted by Crippen LogP contribution is -2.22. The van der Waals surface area contributed by atoms with Crippen LogP contribution in [0.25, 0.3) is 21.5 Å². The van der Waals surface area contributed by atoms with Gasteiger partial charge in [0, 0.05) is 10.8 Å². The van der Waals surface area contributed by atoms with Crippen LogP contribution in [0.3, 0.4) is 0 Å². The number of carbonyl (C=O) groups is 1. The molecule has 0 unspecified atom stereocenters. The summed E-state index contributed by atoms with van der Waals surface area (Å²) in [5.74, 6) is -0.575. The van der Waals surface area contributed by atoms with Crippen molar-refractivity contribution >= 4 is 102 Å². The predicted molar refractivity (Wildman–Crippen MR) is 205 cm³/mol. The third-order valence-electron chi connectivity index (χ3n) is 9.39. The topological polar surface area (TPSA) is 265 Å². The molecule has 0 aliphatic carbocycles. The lowest BCUT2D eigenvalue weighted by atomic mass is 10.1. The van der Waals surface area contributed by atoms with Crippen LogP contribution >= 0.6 is 0 Å². The van der Waals surface area contributed by atoms with Crippen LogP contribution in [0.5, 0.6) is 11.5 Å². The summed E-state index contributed by atoms with van der Waals surface area (Å²) >= 11 is 0. The van der Waals surface area contributed by atoms with Crippen molar-refractivity contribution in [3.63, 3.8) is 0 Å². The summed E-state index contributed by atoms with van der Waals surface area (Å²) < 4.78 is 127. The van der Waals surface area contributed by atoms with E-state index >= 15 is 0 Å². The third-order valence-corrected chi connectivity index (χ3v) is 14.9. The fourth-order valence-corrected chi connectivity index (χ4v) is 11.9. The Hall–Kier alpha value is -5.97. The van der Waals surface area contributed by atoms with Gasteiger partial charge in [0.2, 0.25) is 0 Å². The maximum absolute atomic E-state index is 14.3. The number of hydrogen-bond acceptors (Lipinski definition) is 11. The van der Waals surface area contributed by atoms with Crippen molar-refractivity contribution in [2.24, 2.45) is 0 Å². The molecular weight excluding hydrogens is 813 g/mol. The number of anilines is 6. The van der Waals surface area contributed by atoms with Gasteiger partial charge in [0.15, 0.2) is 0 Å². The number of nitrogens with one attached hydrogen (secondary N) is 2. The average Bonchev–Trinajstić information content (AvgIpc) is 3.34. The van der Waals surface area contributed by atoms with E-state index in [1.54, 1.807) is 0 Å². The van der Waals surface area contributed by atoms with E-state index in [0.717, 1.165) is 32.9 Å². The Balaban J connectivity index is 1.25. The molecule has 6 aromatic carbocycles. The highest BCUT2D eigenvalue weighted by Gasteiger charge is 2.44. The number of urea groups is 1. The van der Waals surface area contributed by atoms with Gasteiger partial charge in [0.1, 0.15) is 21.3 Å². The lowest BCUT2D eigenvalue weighted by molar-refractivity contribution is 0.262. The van der Waals surface area contributed by atoms with Crippen LogP contribution in [-0.4, -0.2) is 59.0 Å². The van der Waals surface area contributed by atoms with E-state index in [0.29, 0.717) is 0 Å². The van der Waals surface area contributed by atoms with Gasteiger partial charge >= 0.3 is 6.03 Å². The molecule has 0 radical (unpaired) electrons. The van der Waals surface area contributed by atoms with Gasteiger partial charge in [-0.05, 0) is 96.4 Å². The van der Waals surface area contributed by atoms with Crippen molar-refractivity contribution in [2.75, 3.05) is 19.2 Å². The van der Waals surface area contributed by atoms with Crippen molar-refractivity contribution in [1.82, 2.24) is 0 Å². The molecule has 21 heteroatoms. The highest BCUT2D eigenvalue weighted by molar-refractivity contribution is 7.94. The Morgan fingerprint density at radius 1 is 0.554 bits per heavy atom. The Kier molecular flexibility index (Phi) is 7.93. The number of aryl methyl sites for hydroxylation is 2. The van der Waals surface area contributed by atoms with Crippen LogP contribution in [-0.2, 0) is 40.3 Å². The maximum Gasteiger partial charge on any atom is 0.323 e. The largest absolute Gasteiger partial charge is 0.508 e. The zero-order valence-corrected chi connectivity index (χ0v) is 31.8. The van der Waals surface area contributed by atoms with Gasteiger partial charge in [-0.1, -0.05) is 24.3 Å². The summed E-state index contributed by atoms with van der Waals surface area (Å²) in [7, 11) is -19.0. The van der Waals surface area contributed by atoms with Crippen molar-refractivity contribution in [3.8, 4) is 11.5 Å². The van der Waals surface area contributed by atoms with Gasteiger partial charge in [-0.25, -0.2) is 30.2 Å². The number of rotatable bonds is 6. The highest BCUT2D eigenvalue weighted by atomic mass is 32.2. The molecule has 2 aliphatic heterocycles. The number of carbonyl (C=O) groups excluding carboxylic acids is 1. The molecule has 0 atom stereocenters. The van der Waals surface area contributed by atoms with Gasteiger partial charge in [0.25, 0.3) is 40.3 Å². The molecular formula is C35H26N4O13S4. The number of benzene rings is 6. The van der Waals surface area contributed by atoms with Crippen molar-refractivity contribution in [2.45, 2.75) is 33.4 Å². The number of fused-ring (bicyclic) bond motifs is 6. The Bertz CT molecular complexity index is 3050. The molecule has 6 aromatic rings. The Morgan fingerprint density at radius 2 is 0.929 bits per heavy atom. The number of amides is 2.